The van der Waals surface area contributed by atoms with Crippen LogP contribution >= 0.6 is 0 Å². The zero-order chi connectivity index (χ0) is 9.40. The molecule has 12 heavy (non-hydrogen) atoms. The molecule has 1 rings (SSSR count). The SMILES string of the molecule is CCC.CCc1ccccc1F. The second-order valence-electron chi connectivity index (χ2n) is 2.65. The lowest BCUT2D eigenvalue weighted by molar-refractivity contribution is 0.612. The normalized spacial score (nSPS) is 8.67. The van der Waals surface area contributed by atoms with Gasteiger partial charge in [-0.15, -0.1) is 0 Å². The van der Waals surface area contributed by atoms with E-state index in [1.54, 1.807) is 12.1 Å². The van der Waals surface area contributed by atoms with Gasteiger partial charge in [0.15, 0.2) is 0 Å². The van der Waals surface area contributed by atoms with Crippen molar-refractivity contribution in [2.75, 3.05) is 0 Å². The van der Waals surface area contributed by atoms with Gasteiger partial charge in [-0.05, 0) is 18.1 Å². The number of benzene rings is 1. The molecule has 0 aliphatic carbocycles. The molecular formula is C11H17F. The van der Waals surface area contributed by atoms with Crippen LogP contribution in [0.1, 0.15) is 32.8 Å². The first-order valence-electron chi connectivity index (χ1n) is 4.49. The zero-order valence-corrected chi connectivity index (χ0v) is 8.10. The highest BCUT2D eigenvalue weighted by molar-refractivity contribution is 5.16. The maximum Gasteiger partial charge on any atom is 0.126 e. The summed E-state index contributed by atoms with van der Waals surface area (Å²) >= 11 is 0. The largest absolute Gasteiger partial charge is 0.207 e. The molecule has 0 fully saturated rings. The fraction of sp³-hybridized carbons (Fsp3) is 0.455. The minimum absolute atomic E-state index is 0.0972. The van der Waals surface area contributed by atoms with E-state index >= 15 is 0 Å². The Bertz CT molecular complexity index is 206. The van der Waals surface area contributed by atoms with Crippen molar-refractivity contribution in [3.63, 3.8) is 0 Å². The molecule has 0 aromatic heterocycles. The van der Waals surface area contributed by atoms with Crippen molar-refractivity contribution < 1.29 is 4.39 Å². The third-order valence-electron chi connectivity index (χ3n) is 1.34. The molecule has 0 saturated heterocycles. The van der Waals surface area contributed by atoms with Crippen molar-refractivity contribution in [2.45, 2.75) is 33.6 Å². The lowest BCUT2D eigenvalue weighted by atomic mass is 10.2. The van der Waals surface area contributed by atoms with Gasteiger partial charge in [-0.25, -0.2) is 4.39 Å². The summed E-state index contributed by atoms with van der Waals surface area (Å²) in [4.78, 5) is 0. The quantitative estimate of drug-likeness (QED) is 0.598. The molecule has 0 amide bonds. The summed E-state index contributed by atoms with van der Waals surface area (Å²) in [6.45, 7) is 6.19. The lowest BCUT2D eigenvalue weighted by Crippen LogP contribution is -1.83. The summed E-state index contributed by atoms with van der Waals surface area (Å²) in [5.41, 5.74) is 0.789. The van der Waals surface area contributed by atoms with E-state index in [2.05, 4.69) is 13.8 Å². The van der Waals surface area contributed by atoms with Crippen molar-refractivity contribution >= 4 is 0 Å². The Morgan fingerprint density at radius 3 is 1.92 bits per heavy atom. The van der Waals surface area contributed by atoms with Crippen LogP contribution in [-0.2, 0) is 6.42 Å². The van der Waals surface area contributed by atoms with Gasteiger partial charge in [-0.3, -0.25) is 0 Å². The number of aryl methyl sites for hydroxylation is 1. The van der Waals surface area contributed by atoms with E-state index in [0.717, 1.165) is 12.0 Å². The molecular weight excluding hydrogens is 151 g/mol. The molecule has 0 spiro atoms. The standard InChI is InChI=1S/C8H9F.C3H8/c1-2-7-5-3-4-6-8(7)9;1-3-2/h3-6H,2H2,1H3;3H2,1-2H3. The van der Waals surface area contributed by atoms with Gasteiger partial charge >= 0.3 is 0 Å². The number of hydrogen-bond acceptors (Lipinski definition) is 0. The van der Waals surface area contributed by atoms with E-state index in [1.807, 2.05) is 13.0 Å². The van der Waals surface area contributed by atoms with Crippen LogP contribution < -0.4 is 0 Å². The third kappa shape index (κ3) is 4.12. The van der Waals surface area contributed by atoms with Gasteiger partial charge in [-0.1, -0.05) is 45.4 Å². The monoisotopic (exact) mass is 168 g/mol. The summed E-state index contributed by atoms with van der Waals surface area (Å²) in [7, 11) is 0. The Labute approximate surface area is 74.4 Å². The van der Waals surface area contributed by atoms with E-state index < -0.39 is 0 Å². The fourth-order valence-corrected chi connectivity index (χ4v) is 0.785. The molecule has 68 valence electrons. The summed E-state index contributed by atoms with van der Waals surface area (Å²) in [6.07, 6.45) is 2.02. The zero-order valence-electron chi connectivity index (χ0n) is 8.10. The van der Waals surface area contributed by atoms with Crippen LogP contribution in [0.4, 0.5) is 4.39 Å². The van der Waals surface area contributed by atoms with Crippen LogP contribution in [0.25, 0.3) is 0 Å². The van der Waals surface area contributed by atoms with Crippen molar-refractivity contribution in [3.8, 4) is 0 Å². The molecule has 0 N–H and O–H groups in total. The number of hydrogen-bond donors (Lipinski definition) is 0. The molecule has 0 bridgehead atoms. The minimum Gasteiger partial charge on any atom is -0.207 e. The van der Waals surface area contributed by atoms with Gasteiger partial charge in [-0.2, -0.15) is 0 Å². The van der Waals surface area contributed by atoms with Gasteiger partial charge < -0.3 is 0 Å². The van der Waals surface area contributed by atoms with Crippen LogP contribution in [0.3, 0.4) is 0 Å². The van der Waals surface area contributed by atoms with Crippen LogP contribution in [0.5, 0.6) is 0 Å². The summed E-state index contributed by atoms with van der Waals surface area (Å²) < 4.78 is 12.6. The first kappa shape index (κ1) is 11.2. The van der Waals surface area contributed by atoms with Crippen LogP contribution in [-0.4, -0.2) is 0 Å². The summed E-state index contributed by atoms with van der Waals surface area (Å²) in [5, 5.41) is 0. The van der Waals surface area contributed by atoms with E-state index in [1.165, 1.54) is 12.5 Å². The van der Waals surface area contributed by atoms with E-state index in [9.17, 15) is 4.39 Å². The molecule has 1 aromatic rings. The molecule has 0 radical (unpaired) electrons. The molecule has 1 heteroatoms. The fourth-order valence-electron chi connectivity index (χ4n) is 0.785. The van der Waals surface area contributed by atoms with Gasteiger partial charge in [0.1, 0.15) is 5.82 Å². The van der Waals surface area contributed by atoms with Gasteiger partial charge in [0.05, 0.1) is 0 Å². The van der Waals surface area contributed by atoms with Crippen molar-refractivity contribution in [1.29, 1.82) is 0 Å². The predicted molar refractivity (Wildman–Crippen MR) is 51.7 cm³/mol. The lowest BCUT2D eigenvalue weighted by Gasteiger charge is -1.94. The molecule has 0 saturated carbocycles. The summed E-state index contributed by atoms with van der Waals surface area (Å²) in [5.74, 6) is -0.0972. The molecule has 0 aliphatic rings. The van der Waals surface area contributed by atoms with E-state index in [-0.39, 0.29) is 5.82 Å². The Kier molecular flexibility index (Phi) is 6.35. The molecule has 0 aliphatic heterocycles. The molecule has 0 unspecified atom stereocenters. The highest BCUT2D eigenvalue weighted by Gasteiger charge is 1.93. The van der Waals surface area contributed by atoms with Gasteiger partial charge in [0, 0.05) is 0 Å². The number of halogens is 1. The van der Waals surface area contributed by atoms with Crippen LogP contribution in [0.2, 0.25) is 0 Å². The number of rotatable bonds is 1. The first-order chi connectivity index (χ1) is 5.76. The Morgan fingerprint density at radius 1 is 1.08 bits per heavy atom. The summed E-state index contributed by atoms with van der Waals surface area (Å²) in [6, 6.07) is 6.84. The molecule has 0 heterocycles. The Morgan fingerprint density at radius 2 is 1.58 bits per heavy atom. The second-order valence-corrected chi connectivity index (χ2v) is 2.65. The van der Waals surface area contributed by atoms with E-state index in [4.69, 9.17) is 0 Å². The minimum atomic E-state index is -0.0972. The molecule has 1 aromatic carbocycles. The molecule has 0 nitrogen and oxygen atoms in total. The maximum absolute atomic E-state index is 12.6. The van der Waals surface area contributed by atoms with Gasteiger partial charge in [0.25, 0.3) is 0 Å². The molecule has 0 atom stereocenters. The van der Waals surface area contributed by atoms with E-state index in [0.29, 0.717) is 0 Å². The smallest absolute Gasteiger partial charge is 0.126 e. The second kappa shape index (κ2) is 6.84. The van der Waals surface area contributed by atoms with Gasteiger partial charge in [0.2, 0.25) is 0 Å². The van der Waals surface area contributed by atoms with Crippen molar-refractivity contribution in [3.05, 3.63) is 35.6 Å². The third-order valence-corrected chi connectivity index (χ3v) is 1.34. The topological polar surface area (TPSA) is 0 Å². The van der Waals surface area contributed by atoms with Crippen LogP contribution in [0.15, 0.2) is 24.3 Å². The Hall–Kier alpha value is -0.850. The average Bonchev–Trinajstić information content (AvgIpc) is 2.07. The highest BCUT2D eigenvalue weighted by Crippen LogP contribution is 2.05. The first-order valence-corrected chi connectivity index (χ1v) is 4.49. The van der Waals surface area contributed by atoms with Crippen LogP contribution in [0, 0.1) is 5.82 Å². The van der Waals surface area contributed by atoms with Crippen molar-refractivity contribution in [1.82, 2.24) is 0 Å². The van der Waals surface area contributed by atoms with Crippen molar-refractivity contribution in [2.24, 2.45) is 0 Å². The Balaban J connectivity index is 0.000000354. The predicted octanol–water partition coefficient (Wildman–Crippen LogP) is 3.80. The highest BCUT2D eigenvalue weighted by atomic mass is 19.1. The average molecular weight is 168 g/mol. The maximum atomic E-state index is 12.6.